The summed E-state index contributed by atoms with van der Waals surface area (Å²) in [5.41, 5.74) is 3.24. The van der Waals surface area contributed by atoms with Crippen molar-refractivity contribution in [1.29, 1.82) is 0 Å². The highest BCUT2D eigenvalue weighted by atomic mass is 19.3. The Labute approximate surface area is 361 Å². The zero-order valence-corrected chi connectivity index (χ0v) is 37.6. The molecule has 4 aromatic rings. The number of imidazole rings is 1. The Morgan fingerprint density at radius 2 is 1.56 bits per heavy atom. The SMILES string of the molecule is C=CC[C@H](NC(=O)OC(C)(C)C)c1nc(-c2ccc(NC(=O)OC)cc2-c2[nH]c3ccccc3c2CC(F)(F)CC=C)cn1COCCCCCCCCCCCC(C)(C)C. The van der Waals surface area contributed by atoms with Gasteiger partial charge in [0.1, 0.15) is 18.2 Å². The van der Waals surface area contributed by atoms with Crippen LogP contribution in [-0.4, -0.2) is 52.0 Å². The summed E-state index contributed by atoms with van der Waals surface area (Å²) >= 11 is 0. The van der Waals surface area contributed by atoms with Crippen LogP contribution in [-0.2, 0) is 27.4 Å². The van der Waals surface area contributed by atoms with Crippen LogP contribution in [0.15, 0.2) is 74.0 Å². The molecular weight excluding hydrogens is 777 g/mol. The maximum Gasteiger partial charge on any atom is 0.411 e. The van der Waals surface area contributed by atoms with Crippen molar-refractivity contribution in [3.8, 4) is 22.5 Å². The molecule has 2 aromatic carbocycles. The monoisotopic (exact) mass is 846 g/mol. The second kappa shape index (κ2) is 22.8. The number of hydrogen-bond acceptors (Lipinski definition) is 6. The molecular formula is C49H69F2N5O5. The molecule has 0 spiro atoms. The van der Waals surface area contributed by atoms with Crippen molar-refractivity contribution in [3.05, 3.63) is 85.4 Å². The molecule has 1 atom stereocenters. The van der Waals surface area contributed by atoms with Crippen molar-refractivity contribution in [3.63, 3.8) is 0 Å². The summed E-state index contributed by atoms with van der Waals surface area (Å²) in [5, 5.41) is 6.33. The number of hydrogen-bond donors (Lipinski definition) is 3. The minimum absolute atomic E-state index is 0.156. The normalized spacial score (nSPS) is 12.6. The Bertz CT molecular complexity index is 2040. The van der Waals surface area contributed by atoms with E-state index in [0.717, 1.165) is 19.3 Å². The highest BCUT2D eigenvalue weighted by molar-refractivity contribution is 5.96. The number of nitrogens with zero attached hydrogens (tertiary/aromatic N) is 2. The van der Waals surface area contributed by atoms with Gasteiger partial charge < -0.3 is 29.1 Å². The topological polar surface area (TPSA) is 120 Å². The third kappa shape index (κ3) is 15.8. The Morgan fingerprint density at radius 3 is 2.20 bits per heavy atom. The molecule has 0 fully saturated rings. The Kier molecular flexibility index (Phi) is 18.2. The lowest BCUT2D eigenvalue weighted by Gasteiger charge is -2.23. The van der Waals surface area contributed by atoms with Gasteiger partial charge in [-0.25, -0.2) is 23.4 Å². The first kappa shape index (κ1) is 48.7. The number of nitrogens with one attached hydrogen (secondary N) is 3. The number of rotatable bonds is 24. The number of allylic oxidation sites excluding steroid dienone is 1. The number of amides is 2. The molecule has 0 aliphatic rings. The summed E-state index contributed by atoms with van der Waals surface area (Å²) in [6.07, 6.45) is 14.8. The smallest absolute Gasteiger partial charge is 0.411 e. The van der Waals surface area contributed by atoms with E-state index in [9.17, 15) is 9.59 Å². The highest BCUT2D eigenvalue weighted by Crippen LogP contribution is 2.41. The molecule has 334 valence electrons. The van der Waals surface area contributed by atoms with E-state index in [0.29, 0.717) is 68.9 Å². The molecule has 2 heterocycles. The Morgan fingerprint density at radius 1 is 0.885 bits per heavy atom. The Balaban J connectivity index is 1.65. The number of aromatic nitrogens is 3. The third-order valence-electron chi connectivity index (χ3n) is 10.3. The van der Waals surface area contributed by atoms with E-state index in [4.69, 9.17) is 19.2 Å². The summed E-state index contributed by atoms with van der Waals surface area (Å²) in [4.78, 5) is 34.0. The van der Waals surface area contributed by atoms with E-state index in [-0.39, 0.29) is 6.73 Å². The standard InChI is InChI=1S/C49H69F2N5O5/c1-10-23-41(55-46(58)61-48(6,7)8)44-54-42(33-56(44)34-60-30-22-18-16-14-12-13-15-17-21-29-47(3,4)5)37-27-26-35(52-45(57)59-9)31-38(37)43-39(32-49(50,51)28-11-2)36-24-19-20-25-40(36)53-43/h10-11,19-20,24-27,31,33,41,53H,1-2,12-18,21-23,28-30,32,34H2,3-9H3,(H,52,57)(H,55,58)/t41-/m0/s1. The molecule has 12 heteroatoms. The number of alkyl halides is 2. The van der Waals surface area contributed by atoms with Gasteiger partial charge in [0.15, 0.2) is 0 Å². The van der Waals surface area contributed by atoms with Gasteiger partial charge in [0, 0.05) is 53.4 Å². The first-order valence-corrected chi connectivity index (χ1v) is 21.8. The quantitative estimate of drug-likeness (QED) is 0.0477. The lowest BCUT2D eigenvalue weighted by molar-refractivity contribution is 0.00539. The molecule has 61 heavy (non-hydrogen) atoms. The molecule has 0 aliphatic carbocycles. The molecule has 2 aromatic heterocycles. The minimum Gasteiger partial charge on any atom is -0.453 e. The predicted molar refractivity (Wildman–Crippen MR) is 243 cm³/mol. The van der Waals surface area contributed by atoms with Crippen LogP contribution in [0.3, 0.4) is 0 Å². The van der Waals surface area contributed by atoms with Crippen LogP contribution in [0.4, 0.5) is 24.1 Å². The number of aromatic amines is 1. The van der Waals surface area contributed by atoms with Crippen LogP contribution < -0.4 is 10.6 Å². The number of alkyl carbamates (subject to hydrolysis) is 1. The first-order chi connectivity index (χ1) is 28.9. The molecule has 3 N–H and O–H groups in total. The highest BCUT2D eigenvalue weighted by Gasteiger charge is 2.32. The number of halogens is 2. The maximum atomic E-state index is 15.4. The third-order valence-corrected chi connectivity index (χ3v) is 10.3. The molecule has 2 amide bonds. The van der Waals surface area contributed by atoms with Crippen LogP contribution in [0.2, 0.25) is 0 Å². The van der Waals surface area contributed by atoms with E-state index in [1.54, 1.807) is 45.0 Å². The fraction of sp³-hybridized carbons (Fsp3) is 0.531. The Hall–Kier alpha value is -4.97. The fourth-order valence-corrected chi connectivity index (χ4v) is 7.42. The predicted octanol–water partition coefficient (Wildman–Crippen LogP) is 13.7. The molecule has 0 radical (unpaired) electrons. The van der Waals surface area contributed by atoms with Gasteiger partial charge in [-0.3, -0.25) is 5.32 Å². The molecule has 4 rings (SSSR count). The number of H-pyrrole nitrogens is 1. The van der Waals surface area contributed by atoms with Crippen LogP contribution in [0.1, 0.15) is 136 Å². The van der Waals surface area contributed by atoms with E-state index in [1.807, 2.05) is 35.0 Å². The van der Waals surface area contributed by atoms with Crippen LogP contribution in [0.25, 0.3) is 33.4 Å². The number of ether oxygens (including phenoxy) is 3. The van der Waals surface area contributed by atoms with Crippen molar-refractivity contribution >= 4 is 28.8 Å². The average Bonchev–Trinajstić information content (AvgIpc) is 3.76. The number of para-hydroxylation sites is 1. The number of anilines is 1. The molecule has 0 unspecified atom stereocenters. The molecule has 10 nitrogen and oxygen atoms in total. The van der Waals surface area contributed by atoms with Crippen LogP contribution in [0, 0.1) is 5.41 Å². The number of carbonyl (C=O) groups excluding carboxylic acids is 2. The number of benzene rings is 2. The molecule has 0 saturated heterocycles. The van der Waals surface area contributed by atoms with Gasteiger partial charge in [0.25, 0.3) is 5.92 Å². The summed E-state index contributed by atoms with van der Waals surface area (Å²) in [6.45, 7) is 20.5. The summed E-state index contributed by atoms with van der Waals surface area (Å²) < 4.78 is 49.5. The summed E-state index contributed by atoms with van der Waals surface area (Å²) in [6, 6.07) is 11.9. The van der Waals surface area contributed by atoms with Crippen molar-refractivity contribution in [2.45, 2.75) is 149 Å². The van der Waals surface area contributed by atoms with Gasteiger partial charge in [-0.15, -0.1) is 13.2 Å². The van der Waals surface area contributed by atoms with E-state index in [1.165, 1.54) is 58.1 Å². The van der Waals surface area contributed by atoms with Gasteiger partial charge in [0.2, 0.25) is 0 Å². The van der Waals surface area contributed by atoms with Gasteiger partial charge in [-0.1, -0.05) is 109 Å². The van der Waals surface area contributed by atoms with Gasteiger partial charge in [-0.2, -0.15) is 0 Å². The molecule has 0 saturated carbocycles. The first-order valence-electron chi connectivity index (χ1n) is 21.8. The zero-order chi connectivity index (χ0) is 44.6. The largest absolute Gasteiger partial charge is 0.453 e. The molecule has 0 aliphatic heterocycles. The van der Waals surface area contributed by atoms with Gasteiger partial charge >= 0.3 is 12.2 Å². The summed E-state index contributed by atoms with van der Waals surface area (Å²) in [7, 11) is 1.26. The number of unbranched alkanes of at least 4 members (excludes halogenated alkanes) is 8. The van der Waals surface area contributed by atoms with Crippen molar-refractivity contribution in [2.75, 3.05) is 19.0 Å². The second-order valence-electron chi connectivity index (χ2n) is 18.1. The van der Waals surface area contributed by atoms with Crippen molar-refractivity contribution in [1.82, 2.24) is 19.9 Å². The maximum absolute atomic E-state index is 15.4. The van der Waals surface area contributed by atoms with E-state index < -0.39 is 42.6 Å². The number of methoxy groups -OCH3 is 1. The lowest BCUT2D eigenvalue weighted by atomic mass is 9.89. The number of fused-ring (bicyclic) bond motifs is 1. The lowest BCUT2D eigenvalue weighted by Crippen LogP contribution is -2.36. The second-order valence-corrected chi connectivity index (χ2v) is 18.1. The van der Waals surface area contributed by atoms with Gasteiger partial charge in [0.05, 0.1) is 24.5 Å². The minimum atomic E-state index is -3.08. The van der Waals surface area contributed by atoms with E-state index in [2.05, 4.69) is 49.5 Å². The van der Waals surface area contributed by atoms with Crippen LogP contribution >= 0.6 is 0 Å². The van der Waals surface area contributed by atoms with Gasteiger partial charge in [-0.05, 0) is 69.2 Å². The van der Waals surface area contributed by atoms with Crippen molar-refractivity contribution in [2.24, 2.45) is 5.41 Å². The fourth-order valence-electron chi connectivity index (χ4n) is 7.42. The van der Waals surface area contributed by atoms with Crippen molar-refractivity contribution < 1.29 is 32.6 Å². The number of carbonyl (C=O) groups is 2. The summed E-state index contributed by atoms with van der Waals surface area (Å²) in [5.74, 6) is -2.58. The van der Waals surface area contributed by atoms with Crippen LogP contribution in [0.5, 0.6) is 0 Å². The zero-order valence-electron chi connectivity index (χ0n) is 37.6. The van der Waals surface area contributed by atoms with E-state index >= 15 is 8.78 Å². The average molecular weight is 846 g/mol. The molecule has 0 bridgehead atoms.